The number of nitrogens with zero attached hydrogens (tertiary/aromatic N) is 2. The van der Waals surface area contributed by atoms with E-state index in [9.17, 15) is 21.6 Å². The van der Waals surface area contributed by atoms with E-state index in [1.165, 1.54) is 22.7 Å². The molecule has 8 nitrogen and oxygen atoms in total. The summed E-state index contributed by atoms with van der Waals surface area (Å²) in [6.07, 6.45) is 2.98. The van der Waals surface area contributed by atoms with Crippen LogP contribution in [0.25, 0.3) is 0 Å². The van der Waals surface area contributed by atoms with Gasteiger partial charge in [0.1, 0.15) is 5.76 Å². The fourth-order valence-corrected chi connectivity index (χ4v) is 7.27. The summed E-state index contributed by atoms with van der Waals surface area (Å²) >= 11 is 0. The van der Waals surface area contributed by atoms with Gasteiger partial charge in [0.2, 0.25) is 15.9 Å². The predicted octanol–water partition coefficient (Wildman–Crippen LogP) is 1.78. The van der Waals surface area contributed by atoms with E-state index >= 15 is 0 Å². The Labute approximate surface area is 170 Å². The number of amides is 1. The van der Waals surface area contributed by atoms with Crippen LogP contribution in [0.1, 0.15) is 25.0 Å². The lowest BCUT2D eigenvalue weighted by Crippen LogP contribution is -2.40. The van der Waals surface area contributed by atoms with Gasteiger partial charge in [-0.2, -0.15) is 4.31 Å². The first-order valence-electron chi connectivity index (χ1n) is 9.41. The minimum absolute atomic E-state index is 0.0243. The quantitative estimate of drug-likeness (QED) is 0.681. The first-order valence-corrected chi connectivity index (χ1v) is 12.7. The van der Waals surface area contributed by atoms with E-state index < -0.39 is 25.9 Å². The van der Waals surface area contributed by atoms with Crippen molar-refractivity contribution in [1.82, 2.24) is 4.31 Å². The highest BCUT2D eigenvalue weighted by molar-refractivity contribution is 7.92. The molecule has 0 aliphatic carbocycles. The molecule has 10 heteroatoms. The van der Waals surface area contributed by atoms with Crippen LogP contribution in [0.2, 0.25) is 0 Å². The number of carbonyl (C=O) groups excluding carboxylic acids is 1. The number of carbonyl (C=O) groups is 1. The van der Waals surface area contributed by atoms with Crippen molar-refractivity contribution in [2.45, 2.75) is 36.7 Å². The predicted molar refractivity (Wildman–Crippen MR) is 107 cm³/mol. The van der Waals surface area contributed by atoms with Gasteiger partial charge in [-0.25, -0.2) is 16.8 Å². The number of anilines is 1. The highest BCUT2D eigenvalue weighted by Gasteiger charge is 2.39. The lowest BCUT2D eigenvalue weighted by atomic mass is 10.2. The Morgan fingerprint density at radius 1 is 1.17 bits per heavy atom. The van der Waals surface area contributed by atoms with E-state index in [4.69, 9.17) is 4.42 Å². The third-order valence-electron chi connectivity index (χ3n) is 5.34. The van der Waals surface area contributed by atoms with Crippen molar-refractivity contribution in [2.24, 2.45) is 0 Å². The first kappa shape index (κ1) is 20.1. The molecule has 2 fully saturated rings. The monoisotopic (exact) mass is 438 g/mol. The second-order valence-corrected chi connectivity index (χ2v) is 11.4. The molecule has 1 aromatic heterocycles. The number of hydrogen-bond donors (Lipinski definition) is 0. The molecule has 29 heavy (non-hydrogen) atoms. The smallest absolute Gasteiger partial charge is 0.243 e. The molecule has 2 aromatic rings. The van der Waals surface area contributed by atoms with Gasteiger partial charge in [-0.3, -0.25) is 4.79 Å². The average Bonchev–Trinajstić information content (AvgIpc) is 3.41. The van der Waals surface area contributed by atoms with Crippen LogP contribution in [0.4, 0.5) is 5.69 Å². The maximum Gasteiger partial charge on any atom is 0.243 e. The number of hydrogen-bond acceptors (Lipinski definition) is 6. The first-order chi connectivity index (χ1) is 13.8. The second-order valence-electron chi connectivity index (χ2n) is 7.33. The Balaban J connectivity index is 1.64. The van der Waals surface area contributed by atoms with Crippen LogP contribution in [0, 0.1) is 0 Å². The van der Waals surface area contributed by atoms with Crippen molar-refractivity contribution < 1.29 is 26.0 Å². The highest BCUT2D eigenvalue weighted by Crippen LogP contribution is 2.29. The van der Waals surface area contributed by atoms with Crippen molar-refractivity contribution in [3.8, 4) is 0 Å². The molecular weight excluding hydrogens is 416 g/mol. The van der Waals surface area contributed by atoms with E-state index in [0.29, 0.717) is 24.4 Å². The third kappa shape index (κ3) is 4.10. The molecule has 0 radical (unpaired) electrons. The van der Waals surface area contributed by atoms with Gasteiger partial charge in [0.05, 0.1) is 29.2 Å². The molecule has 2 aliphatic heterocycles. The fraction of sp³-hybridized carbons (Fsp3) is 0.421. The summed E-state index contributed by atoms with van der Waals surface area (Å²) in [5, 5.41) is 0. The van der Waals surface area contributed by atoms with Gasteiger partial charge in [0.15, 0.2) is 9.84 Å². The molecule has 156 valence electrons. The Morgan fingerprint density at radius 2 is 1.93 bits per heavy atom. The maximum absolute atomic E-state index is 13.4. The van der Waals surface area contributed by atoms with Crippen molar-refractivity contribution >= 4 is 31.5 Å². The second kappa shape index (κ2) is 7.58. The summed E-state index contributed by atoms with van der Waals surface area (Å²) in [6, 6.07) is 8.85. The summed E-state index contributed by atoms with van der Waals surface area (Å²) in [7, 11) is -7.23. The Bertz CT molecular complexity index is 1090. The van der Waals surface area contributed by atoms with Crippen LogP contribution >= 0.6 is 0 Å². The molecule has 1 atom stereocenters. The van der Waals surface area contributed by atoms with Gasteiger partial charge in [-0.05, 0) is 49.2 Å². The Morgan fingerprint density at radius 3 is 2.48 bits per heavy atom. The Kier molecular flexibility index (Phi) is 5.26. The zero-order valence-electron chi connectivity index (χ0n) is 15.7. The molecule has 0 spiro atoms. The van der Waals surface area contributed by atoms with Crippen molar-refractivity contribution in [2.75, 3.05) is 23.0 Å². The highest BCUT2D eigenvalue weighted by atomic mass is 32.2. The van der Waals surface area contributed by atoms with Crippen LogP contribution in [0.15, 0.2) is 52.0 Å². The number of sulfonamides is 1. The van der Waals surface area contributed by atoms with Crippen LogP contribution in [-0.4, -0.2) is 51.1 Å². The lowest BCUT2D eigenvalue weighted by Gasteiger charge is -2.27. The maximum atomic E-state index is 13.4. The van der Waals surface area contributed by atoms with Gasteiger partial charge in [0.25, 0.3) is 0 Å². The molecule has 0 bridgehead atoms. The minimum Gasteiger partial charge on any atom is -0.468 e. The van der Waals surface area contributed by atoms with Crippen molar-refractivity contribution in [3.63, 3.8) is 0 Å². The van der Waals surface area contributed by atoms with Crippen LogP contribution in [0.3, 0.4) is 0 Å². The molecule has 1 aromatic carbocycles. The van der Waals surface area contributed by atoms with Gasteiger partial charge < -0.3 is 9.32 Å². The van der Waals surface area contributed by atoms with E-state index in [-0.39, 0.29) is 35.3 Å². The third-order valence-corrected chi connectivity index (χ3v) is 9.00. The molecule has 0 N–H and O–H groups in total. The fourth-order valence-electron chi connectivity index (χ4n) is 3.82. The standard InChI is InChI=1S/C19H22N2O6S2/c22-19-4-1-10-20(19)15-5-7-18(8-6-15)29(25,26)21(13-17-3-2-11-27-17)16-9-12-28(23,24)14-16/h2-3,5-8,11,16H,1,4,9-10,12-14H2/t16-/m1/s1. The largest absolute Gasteiger partial charge is 0.468 e. The van der Waals surface area contributed by atoms with Gasteiger partial charge >= 0.3 is 0 Å². The molecule has 2 saturated heterocycles. The molecule has 0 saturated carbocycles. The number of rotatable bonds is 6. The molecule has 2 aliphatic rings. The summed E-state index contributed by atoms with van der Waals surface area (Å²) < 4.78 is 57.1. The number of furan rings is 1. The van der Waals surface area contributed by atoms with E-state index in [1.807, 2.05) is 0 Å². The number of benzene rings is 1. The Hall–Kier alpha value is -2.17. The molecule has 1 amide bonds. The van der Waals surface area contributed by atoms with Gasteiger partial charge in [-0.15, -0.1) is 0 Å². The van der Waals surface area contributed by atoms with Crippen LogP contribution < -0.4 is 4.90 Å². The summed E-state index contributed by atoms with van der Waals surface area (Å²) in [5.41, 5.74) is 0.660. The lowest BCUT2D eigenvalue weighted by molar-refractivity contribution is -0.117. The topological polar surface area (TPSA) is 105 Å². The zero-order valence-corrected chi connectivity index (χ0v) is 17.4. The van der Waals surface area contributed by atoms with Crippen LogP contribution in [-0.2, 0) is 31.2 Å². The van der Waals surface area contributed by atoms with E-state index in [0.717, 1.165) is 6.42 Å². The molecule has 3 heterocycles. The molecular formula is C19H22N2O6S2. The average molecular weight is 439 g/mol. The molecule has 0 unspecified atom stereocenters. The van der Waals surface area contributed by atoms with Gasteiger partial charge in [-0.1, -0.05) is 0 Å². The van der Waals surface area contributed by atoms with Gasteiger partial charge in [0, 0.05) is 24.7 Å². The summed E-state index contributed by atoms with van der Waals surface area (Å²) in [4.78, 5) is 13.6. The minimum atomic E-state index is -3.96. The van der Waals surface area contributed by atoms with Crippen molar-refractivity contribution in [3.05, 3.63) is 48.4 Å². The molecule has 4 rings (SSSR count). The summed E-state index contributed by atoms with van der Waals surface area (Å²) in [5.74, 6) is 0.235. The zero-order chi connectivity index (χ0) is 20.6. The summed E-state index contributed by atoms with van der Waals surface area (Å²) in [6.45, 7) is 0.581. The van der Waals surface area contributed by atoms with Crippen LogP contribution in [0.5, 0.6) is 0 Å². The number of sulfone groups is 1. The van der Waals surface area contributed by atoms with E-state index in [1.54, 1.807) is 29.2 Å². The van der Waals surface area contributed by atoms with E-state index in [2.05, 4.69) is 0 Å². The van der Waals surface area contributed by atoms with Crippen molar-refractivity contribution in [1.29, 1.82) is 0 Å². The SMILES string of the molecule is O=C1CCCN1c1ccc(S(=O)(=O)N(Cc2ccco2)[C@@H]2CCS(=O)(=O)C2)cc1. The normalized spacial score (nSPS) is 21.9.